The van der Waals surface area contributed by atoms with Crippen molar-refractivity contribution >= 4 is 47.8 Å². The number of alkyl halides is 1. The summed E-state index contributed by atoms with van der Waals surface area (Å²) in [4.78, 5) is 2.13. The molecule has 0 amide bonds. The molecular formula is C33H41Br3N2O2. The van der Waals surface area contributed by atoms with E-state index in [1.54, 1.807) is 0 Å². The van der Waals surface area contributed by atoms with Crippen LogP contribution >= 0.6 is 47.8 Å². The molecule has 4 rings (SSSR count). The lowest BCUT2D eigenvalue weighted by molar-refractivity contribution is 0.124. The summed E-state index contributed by atoms with van der Waals surface area (Å²) in [6, 6.07) is 35.9. The van der Waals surface area contributed by atoms with Crippen molar-refractivity contribution in [3.8, 4) is 0 Å². The molecule has 3 N–H and O–H groups in total. The van der Waals surface area contributed by atoms with Crippen molar-refractivity contribution in [2.24, 2.45) is 0 Å². The molecule has 0 saturated carbocycles. The van der Waals surface area contributed by atoms with Crippen molar-refractivity contribution in [1.29, 1.82) is 0 Å². The standard InChI is InChI=1S/C16H18BrNO.C9H13NO.C7H6Br2.CH4/c1-18(11-13-7-9-15(17)10-8-13)12-16(19)14-5-3-2-4-6-14;1-10-7-9(11)8-5-3-2-4-6-8;8-5-6-1-3-7(9)4-2-6;/h2-10,16,19H,11-12H2,1H3;2-6,9-11H,7H2,1H3;1-4H,5H2;1H4. The lowest BCUT2D eigenvalue weighted by Gasteiger charge is -2.21. The predicted molar refractivity (Wildman–Crippen MR) is 181 cm³/mol. The monoisotopic (exact) mass is 734 g/mol. The van der Waals surface area contributed by atoms with Gasteiger partial charge in [0.15, 0.2) is 0 Å². The average molecular weight is 737 g/mol. The maximum Gasteiger partial charge on any atom is 0.0916 e. The second-order valence-electron chi connectivity index (χ2n) is 8.99. The normalized spacial score (nSPS) is 11.7. The van der Waals surface area contributed by atoms with Crippen LogP contribution in [0, 0.1) is 0 Å². The molecule has 4 aromatic carbocycles. The summed E-state index contributed by atoms with van der Waals surface area (Å²) >= 11 is 10.2. The van der Waals surface area contributed by atoms with E-state index in [0.717, 1.165) is 31.9 Å². The highest BCUT2D eigenvalue weighted by Gasteiger charge is 2.10. The first-order chi connectivity index (χ1) is 18.8. The minimum atomic E-state index is -0.443. The number of hydrogen-bond acceptors (Lipinski definition) is 4. The maximum absolute atomic E-state index is 10.2. The Labute approximate surface area is 265 Å². The molecule has 0 spiro atoms. The van der Waals surface area contributed by atoms with Crippen LogP contribution < -0.4 is 5.32 Å². The molecule has 0 aliphatic heterocycles. The number of aliphatic hydroxyl groups is 2. The van der Waals surface area contributed by atoms with Crippen LogP contribution in [0.2, 0.25) is 0 Å². The maximum atomic E-state index is 10.2. The van der Waals surface area contributed by atoms with Crippen molar-refractivity contribution in [3.05, 3.63) is 140 Å². The van der Waals surface area contributed by atoms with Crippen molar-refractivity contribution in [3.63, 3.8) is 0 Å². The Morgan fingerprint density at radius 1 is 0.675 bits per heavy atom. The Balaban J connectivity index is 0.000000324. The van der Waals surface area contributed by atoms with Gasteiger partial charge in [-0.05, 0) is 60.6 Å². The molecule has 40 heavy (non-hydrogen) atoms. The Bertz CT molecular complexity index is 1160. The second kappa shape index (κ2) is 20.9. The van der Waals surface area contributed by atoms with Gasteiger partial charge in [0.2, 0.25) is 0 Å². The highest BCUT2D eigenvalue weighted by atomic mass is 79.9. The zero-order valence-electron chi connectivity index (χ0n) is 22.4. The molecule has 0 heterocycles. The van der Waals surface area contributed by atoms with Crippen LogP contribution in [0.3, 0.4) is 0 Å². The number of nitrogens with one attached hydrogen (secondary N) is 1. The number of halogens is 3. The number of aliphatic hydroxyl groups excluding tert-OH is 2. The van der Waals surface area contributed by atoms with Crippen LogP contribution in [0.25, 0.3) is 0 Å². The molecule has 216 valence electrons. The van der Waals surface area contributed by atoms with Gasteiger partial charge in [0.05, 0.1) is 12.2 Å². The van der Waals surface area contributed by atoms with Gasteiger partial charge in [0.1, 0.15) is 0 Å². The first-order valence-electron chi connectivity index (χ1n) is 12.7. The molecule has 2 unspecified atom stereocenters. The van der Waals surface area contributed by atoms with Crippen LogP contribution in [0.4, 0.5) is 0 Å². The third kappa shape index (κ3) is 14.7. The topological polar surface area (TPSA) is 55.7 Å². The number of benzene rings is 4. The summed E-state index contributed by atoms with van der Waals surface area (Å²) in [5, 5.41) is 23.5. The molecule has 0 aromatic heterocycles. The van der Waals surface area contributed by atoms with E-state index < -0.39 is 6.10 Å². The lowest BCUT2D eigenvalue weighted by Crippen LogP contribution is -2.24. The second-order valence-corrected chi connectivity index (χ2v) is 11.4. The molecule has 0 saturated heterocycles. The molecule has 0 fully saturated rings. The summed E-state index contributed by atoms with van der Waals surface area (Å²) in [6.07, 6.45) is -0.831. The van der Waals surface area contributed by atoms with Gasteiger partial charge in [0, 0.05) is 33.9 Å². The molecule has 4 aromatic rings. The number of likely N-dealkylation sites (N-methyl/N-ethyl adjacent to an activating group) is 2. The molecule has 0 aliphatic rings. The molecule has 2 atom stereocenters. The summed E-state index contributed by atoms with van der Waals surface area (Å²) in [5.41, 5.74) is 4.47. The van der Waals surface area contributed by atoms with Crippen molar-refractivity contribution in [2.75, 3.05) is 27.2 Å². The predicted octanol–water partition coefficient (Wildman–Crippen LogP) is 8.53. The van der Waals surface area contributed by atoms with E-state index in [1.807, 2.05) is 99.0 Å². The van der Waals surface area contributed by atoms with E-state index in [9.17, 15) is 10.2 Å². The van der Waals surface area contributed by atoms with Crippen molar-refractivity contribution in [1.82, 2.24) is 10.2 Å². The van der Waals surface area contributed by atoms with E-state index in [-0.39, 0.29) is 13.5 Å². The van der Waals surface area contributed by atoms with E-state index >= 15 is 0 Å². The molecule has 4 nitrogen and oxygen atoms in total. The van der Waals surface area contributed by atoms with E-state index in [0.29, 0.717) is 13.1 Å². The van der Waals surface area contributed by atoms with Crippen LogP contribution in [-0.4, -0.2) is 42.3 Å². The fourth-order valence-electron chi connectivity index (χ4n) is 3.60. The zero-order chi connectivity index (χ0) is 28.5. The number of nitrogens with zero attached hydrogens (tertiary/aromatic N) is 1. The minimum absolute atomic E-state index is 0. The van der Waals surface area contributed by atoms with Gasteiger partial charge < -0.3 is 15.5 Å². The Hall–Kier alpha value is -1.84. The minimum Gasteiger partial charge on any atom is -0.387 e. The fourth-order valence-corrected chi connectivity index (χ4v) is 4.50. The van der Waals surface area contributed by atoms with Crippen LogP contribution in [0.1, 0.15) is 41.9 Å². The van der Waals surface area contributed by atoms with Crippen LogP contribution in [0.5, 0.6) is 0 Å². The first-order valence-corrected chi connectivity index (χ1v) is 15.4. The van der Waals surface area contributed by atoms with E-state index in [2.05, 4.69) is 82.3 Å². The van der Waals surface area contributed by atoms with Gasteiger partial charge in [-0.25, -0.2) is 0 Å². The SMILES string of the molecule is BrCc1ccc(Br)cc1.C.CN(Cc1ccc(Br)cc1)CC(O)c1ccccc1.CNCC(O)c1ccccc1. The van der Waals surface area contributed by atoms with Gasteiger partial charge >= 0.3 is 0 Å². The van der Waals surface area contributed by atoms with Crippen LogP contribution in [0.15, 0.2) is 118 Å². The van der Waals surface area contributed by atoms with Crippen molar-refractivity contribution < 1.29 is 10.2 Å². The molecule has 0 radical (unpaired) electrons. The fraction of sp³-hybridized carbons (Fsp3) is 0.273. The van der Waals surface area contributed by atoms with Crippen molar-refractivity contribution in [2.45, 2.75) is 31.5 Å². The Kier molecular flexibility index (Phi) is 19.0. The van der Waals surface area contributed by atoms with Gasteiger partial charge in [0.25, 0.3) is 0 Å². The summed E-state index contributed by atoms with van der Waals surface area (Å²) < 4.78 is 2.22. The zero-order valence-corrected chi connectivity index (χ0v) is 27.1. The van der Waals surface area contributed by atoms with Gasteiger partial charge in [-0.1, -0.05) is 140 Å². The average Bonchev–Trinajstić information content (AvgIpc) is 2.96. The largest absolute Gasteiger partial charge is 0.387 e. The highest BCUT2D eigenvalue weighted by Crippen LogP contribution is 2.16. The number of hydrogen-bond donors (Lipinski definition) is 3. The summed E-state index contributed by atoms with van der Waals surface area (Å²) in [7, 11) is 3.85. The smallest absolute Gasteiger partial charge is 0.0916 e. The third-order valence-electron chi connectivity index (χ3n) is 5.68. The quantitative estimate of drug-likeness (QED) is 0.151. The Morgan fingerprint density at radius 2 is 1.10 bits per heavy atom. The molecule has 7 heteroatoms. The van der Waals surface area contributed by atoms with Gasteiger partial charge in [-0.3, -0.25) is 4.90 Å². The van der Waals surface area contributed by atoms with Crippen LogP contribution in [-0.2, 0) is 11.9 Å². The Morgan fingerprint density at radius 3 is 1.52 bits per heavy atom. The lowest BCUT2D eigenvalue weighted by atomic mass is 10.1. The summed E-state index contributed by atoms with van der Waals surface area (Å²) in [6.45, 7) is 2.06. The van der Waals surface area contributed by atoms with E-state index in [4.69, 9.17) is 0 Å². The molecule has 0 bridgehead atoms. The summed E-state index contributed by atoms with van der Waals surface area (Å²) in [5.74, 6) is 0. The first kappa shape index (κ1) is 36.2. The third-order valence-corrected chi connectivity index (χ3v) is 7.39. The van der Waals surface area contributed by atoms with E-state index in [1.165, 1.54) is 11.1 Å². The highest BCUT2D eigenvalue weighted by molar-refractivity contribution is 9.10. The molecular weight excluding hydrogens is 696 g/mol. The van der Waals surface area contributed by atoms with Gasteiger partial charge in [-0.2, -0.15) is 0 Å². The van der Waals surface area contributed by atoms with Gasteiger partial charge in [-0.15, -0.1) is 0 Å². The molecule has 0 aliphatic carbocycles. The number of rotatable bonds is 9.